The molecule has 0 amide bonds. The van der Waals surface area contributed by atoms with Gasteiger partial charge in [0.25, 0.3) is 0 Å². The Balaban J connectivity index is 2.25. The predicted octanol–water partition coefficient (Wildman–Crippen LogP) is 2.39. The molecular weight excluding hydrogens is 242 g/mol. The van der Waals surface area contributed by atoms with E-state index in [0.717, 1.165) is 11.3 Å². The third-order valence-corrected chi connectivity index (χ3v) is 2.73. The highest BCUT2D eigenvalue weighted by Crippen LogP contribution is 2.27. The van der Waals surface area contributed by atoms with Gasteiger partial charge in [0.15, 0.2) is 5.03 Å². The Morgan fingerprint density at radius 1 is 1.47 bits per heavy atom. The maximum atomic E-state index is 11.3. The highest BCUT2D eigenvalue weighted by Gasteiger charge is 2.33. The molecule has 0 bridgehead atoms. The van der Waals surface area contributed by atoms with Crippen LogP contribution in [-0.4, -0.2) is 19.4 Å². The van der Waals surface area contributed by atoms with Gasteiger partial charge in [-0.3, -0.25) is 0 Å². The van der Waals surface area contributed by atoms with E-state index in [-0.39, 0.29) is 5.03 Å². The molecule has 4 nitrogen and oxygen atoms in total. The van der Waals surface area contributed by atoms with Crippen LogP contribution in [0.3, 0.4) is 0 Å². The van der Waals surface area contributed by atoms with Gasteiger partial charge in [-0.1, -0.05) is 23.7 Å². The van der Waals surface area contributed by atoms with Gasteiger partial charge in [-0.2, -0.15) is 0 Å². The second kappa shape index (κ2) is 4.77. The van der Waals surface area contributed by atoms with Crippen LogP contribution in [0.25, 0.3) is 0 Å². The molecule has 1 N–H and O–H groups in total. The molecule has 5 heteroatoms. The van der Waals surface area contributed by atoms with Crippen LogP contribution in [0.4, 0.5) is 5.69 Å². The maximum Gasteiger partial charge on any atom is 0.354 e. The fraction of sp³-hybridized carbons (Fsp3) is 0.250. The first-order valence-corrected chi connectivity index (χ1v) is 5.46. The predicted molar refractivity (Wildman–Crippen MR) is 64.6 cm³/mol. The zero-order valence-electron chi connectivity index (χ0n) is 9.49. The number of hydrogen-bond donors (Lipinski definition) is 1. The first-order valence-electron chi connectivity index (χ1n) is 5.09. The molecule has 0 spiro atoms. The Labute approximate surface area is 104 Å². The average Bonchev–Trinajstić information content (AvgIpc) is 2.57. The molecular formula is C12H12ClNO3. The Morgan fingerprint density at radius 2 is 2.24 bits per heavy atom. The zero-order valence-corrected chi connectivity index (χ0v) is 10.2. The molecule has 1 unspecified atom stereocenters. The van der Waals surface area contributed by atoms with Gasteiger partial charge in [-0.05, 0) is 24.6 Å². The van der Waals surface area contributed by atoms with Crippen LogP contribution < -0.4 is 5.32 Å². The second-order valence-corrected chi connectivity index (χ2v) is 4.07. The normalized spacial score (nSPS) is 19.5. The highest BCUT2D eigenvalue weighted by molar-refractivity contribution is 6.42. The molecule has 1 aliphatic rings. The summed E-state index contributed by atoms with van der Waals surface area (Å²) in [5.74, 6) is -0.575. The van der Waals surface area contributed by atoms with Gasteiger partial charge in [-0.25, -0.2) is 4.79 Å². The largest absolute Gasteiger partial charge is 0.425 e. The topological polar surface area (TPSA) is 47.6 Å². The van der Waals surface area contributed by atoms with Crippen molar-refractivity contribution in [2.24, 2.45) is 0 Å². The molecule has 1 aromatic carbocycles. The lowest BCUT2D eigenvalue weighted by molar-refractivity contribution is -0.155. The molecule has 17 heavy (non-hydrogen) atoms. The molecule has 2 rings (SSSR count). The first kappa shape index (κ1) is 12.0. The summed E-state index contributed by atoms with van der Waals surface area (Å²) in [6.45, 7) is 1.98. The fourth-order valence-electron chi connectivity index (χ4n) is 1.58. The zero-order chi connectivity index (χ0) is 12.4. The lowest BCUT2D eigenvalue weighted by atomic mass is 10.2. The summed E-state index contributed by atoms with van der Waals surface area (Å²) in [7, 11) is 1.45. The Hall–Kier alpha value is -1.52. The minimum absolute atomic E-state index is 0.0263. The minimum atomic E-state index is -0.768. The second-order valence-electron chi connectivity index (χ2n) is 3.70. The molecule has 0 radical (unpaired) electrons. The molecule has 1 heterocycles. The number of carbonyl (C=O) groups excluding carboxylic acids is 1. The number of esters is 1. The van der Waals surface area contributed by atoms with Gasteiger partial charge in [-0.15, -0.1) is 0 Å². The summed E-state index contributed by atoms with van der Waals surface area (Å²) < 4.78 is 9.93. The van der Waals surface area contributed by atoms with Gasteiger partial charge < -0.3 is 14.8 Å². The quantitative estimate of drug-likeness (QED) is 0.841. The molecule has 1 aromatic rings. The Kier molecular flexibility index (Phi) is 3.36. The summed E-state index contributed by atoms with van der Waals surface area (Å²) in [4.78, 5) is 11.3. The molecule has 1 aliphatic heterocycles. The molecule has 1 atom stereocenters. The van der Waals surface area contributed by atoms with Crippen LogP contribution >= 0.6 is 11.6 Å². The molecule has 90 valence electrons. The van der Waals surface area contributed by atoms with Crippen molar-refractivity contribution < 1.29 is 14.3 Å². The summed E-state index contributed by atoms with van der Waals surface area (Å²) in [6, 6.07) is 7.70. The van der Waals surface area contributed by atoms with Gasteiger partial charge in [0.1, 0.15) is 5.70 Å². The van der Waals surface area contributed by atoms with Crippen LogP contribution in [0.2, 0.25) is 0 Å². The Morgan fingerprint density at radius 3 is 2.88 bits per heavy atom. The number of ether oxygens (including phenoxy) is 2. The van der Waals surface area contributed by atoms with Gasteiger partial charge in [0.2, 0.25) is 6.29 Å². The number of aryl methyl sites for hydroxylation is 1. The van der Waals surface area contributed by atoms with Crippen molar-refractivity contribution in [2.45, 2.75) is 13.2 Å². The van der Waals surface area contributed by atoms with Gasteiger partial charge >= 0.3 is 5.97 Å². The number of rotatable bonds is 3. The summed E-state index contributed by atoms with van der Waals surface area (Å²) in [6.07, 6.45) is -0.768. The third kappa shape index (κ3) is 2.43. The summed E-state index contributed by atoms with van der Waals surface area (Å²) >= 11 is 5.85. The lowest BCUT2D eigenvalue weighted by Crippen LogP contribution is -2.18. The number of halogens is 1. The smallest absolute Gasteiger partial charge is 0.354 e. The monoisotopic (exact) mass is 253 g/mol. The SMILES string of the molecule is COC1OC(=O)C(Cl)=C1Nc1cccc(C)c1. The van der Waals surface area contributed by atoms with E-state index >= 15 is 0 Å². The van der Waals surface area contributed by atoms with Crippen molar-refractivity contribution in [3.63, 3.8) is 0 Å². The average molecular weight is 254 g/mol. The summed E-state index contributed by atoms with van der Waals surface area (Å²) in [5, 5.41) is 3.07. The highest BCUT2D eigenvalue weighted by atomic mass is 35.5. The van der Waals surface area contributed by atoms with Crippen molar-refractivity contribution in [1.82, 2.24) is 0 Å². The molecule has 0 aromatic heterocycles. The maximum absolute atomic E-state index is 11.3. The number of cyclic esters (lactones) is 1. The van der Waals surface area contributed by atoms with E-state index < -0.39 is 12.3 Å². The van der Waals surface area contributed by atoms with E-state index in [1.54, 1.807) is 0 Å². The van der Waals surface area contributed by atoms with Crippen molar-refractivity contribution in [2.75, 3.05) is 12.4 Å². The number of carbonyl (C=O) groups is 1. The number of hydrogen-bond acceptors (Lipinski definition) is 4. The number of nitrogens with one attached hydrogen (secondary N) is 1. The van der Waals surface area contributed by atoms with E-state index in [4.69, 9.17) is 21.1 Å². The van der Waals surface area contributed by atoms with Crippen LogP contribution in [0, 0.1) is 6.92 Å². The van der Waals surface area contributed by atoms with Crippen LogP contribution in [-0.2, 0) is 14.3 Å². The van der Waals surface area contributed by atoms with Gasteiger partial charge in [0, 0.05) is 12.8 Å². The van der Waals surface area contributed by atoms with E-state index in [1.165, 1.54) is 7.11 Å². The van der Waals surface area contributed by atoms with E-state index in [1.807, 2.05) is 31.2 Å². The van der Waals surface area contributed by atoms with E-state index in [2.05, 4.69) is 5.32 Å². The van der Waals surface area contributed by atoms with Crippen molar-refractivity contribution >= 4 is 23.3 Å². The van der Waals surface area contributed by atoms with Crippen molar-refractivity contribution in [3.8, 4) is 0 Å². The number of anilines is 1. The lowest BCUT2D eigenvalue weighted by Gasteiger charge is -2.14. The van der Waals surface area contributed by atoms with Gasteiger partial charge in [0.05, 0.1) is 0 Å². The third-order valence-electron chi connectivity index (χ3n) is 2.38. The first-order chi connectivity index (χ1) is 8.11. The van der Waals surface area contributed by atoms with E-state index in [0.29, 0.717) is 5.70 Å². The molecule has 0 saturated carbocycles. The summed E-state index contributed by atoms with van der Waals surface area (Å²) in [5.41, 5.74) is 2.37. The molecule has 0 saturated heterocycles. The van der Waals surface area contributed by atoms with Crippen LogP contribution in [0.15, 0.2) is 35.0 Å². The number of methoxy groups -OCH3 is 1. The Bertz CT molecular complexity index is 484. The fourth-order valence-corrected chi connectivity index (χ4v) is 1.76. The minimum Gasteiger partial charge on any atom is -0.425 e. The van der Waals surface area contributed by atoms with Crippen molar-refractivity contribution in [1.29, 1.82) is 0 Å². The molecule has 0 fully saturated rings. The molecule has 0 aliphatic carbocycles. The van der Waals surface area contributed by atoms with Crippen LogP contribution in [0.5, 0.6) is 0 Å². The number of benzene rings is 1. The van der Waals surface area contributed by atoms with Crippen molar-refractivity contribution in [3.05, 3.63) is 40.6 Å². The van der Waals surface area contributed by atoms with E-state index in [9.17, 15) is 4.79 Å². The van der Waals surface area contributed by atoms with Crippen LogP contribution in [0.1, 0.15) is 5.56 Å². The standard InChI is InChI=1S/C12H12ClNO3/c1-7-4-3-5-8(6-7)14-10-9(13)11(15)17-12(10)16-2/h3-6,12,14H,1-2H3.